The van der Waals surface area contributed by atoms with Gasteiger partial charge in [-0.05, 0) is 65.2 Å². The molecule has 0 fully saturated rings. The first-order chi connectivity index (χ1) is 17.4. The van der Waals surface area contributed by atoms with Crippen LogP contribution in [0.2, 0.25) is 15.1 Å². The van der Waals surface area contributed by atoms with Crippen LogP contribution in [0.1, 0.15) is 28.4 Å². The molecule has 184 valence electrons. The van der Waals surface area contributed by atoms with Crippen LogP contribution in [0.4, 0.5) is 0 Å². The molecule has 0 spiro atoms. The Hall–Kier alpha value is -3.45. The second kappa shape index (κ2) is 11.5. The molecule has 9 heteroatoms. The van der Waals surface area contributed by atoms with Crippen LogP contribution in [0.5, 0.6) is 17.2 Å². The van der Waals surface area contributed by atoms with Crippen LogP contribution in [-0.2, 0) is 6.61 Å². The number of carbonyl (C=O) groups excluding carboxylic acids is 1. The van der Waals surface area contributed by atoms with Gasteiger partial charge in [0, 0.05) is 0 Å². The van der Waals surface area contributed by atoms with E-state index in [2.05, 4.69) is 10.5 Å². The average molecular weight is 544 g/mol. The van der Waals surface area contributed by atoms with E-state index in [9.17, 15) is 9.90 Å². The average Bonchev–Trinajstić information content (AvgIpc) is 2.85. The standard InChI is InChI=1S/C27H21Cl3N2O4/c1-2-35-25-11-17(10-23(30)26(25)36-15-16-7-8-21(28)22(29)9-16)14-31-32-27(34)20-12-18-5-3-4-6-19(18)13-24(20)33/h3-14,33H,2,15H2,1H3,(H,32,34). The number of ether oxygens (including phenoxy) is 2. The number of hydrazone groups is 1. The summed E-state index contributed by atoms with van der Waals surface area (Å²) in [5.41, 5.74) is 3.93. The summed E-state index contributed by atoms with van der Waals surface area (Å²) in [5.74, 6) is 0.107. The quantitative estimate of drug-likeness (QED) is 0.181. The highest BCUT2D eigenvalue weighted by molar-refractivity contribution is 6.42. The zero-order valence-electron chi connectivity index (χ0n) is 19.1. The summed E-state index contributed by atoms with van der Waals surface area (Å²) in [6, 6.07) is 19.1. The predicted molar refractivity (Wildman–Crippen MR) is 144 cm³/mol. The third-order valence-corrected chi connectivity index (χ3v) is 6.21. The lowest BCUT2D eigenvalue weighted by Crippen LogP contribution is -2.17. The maximum absolute atomic E-state index is 12.6. The van der Waals surface area contributed by atoms with Crippen molar-refractivity contribution in [1.82, 2.24) is 5.43 Å². The normalized spacial score (nSPS) is 11.1. The minimum absolute atomic E-state index is 0.116. The van der Waals surface area contributed by atoms with E-state index in [4.69, 9.17) is 44.3 Å². The SMILES string of the molecule is CCOc1cc(C=NNC(=O)c2cc3ccccc3cc2O)cc(Cl)c1OCc1ccc(Cl)c(Cl)c1. The number of benzene rings is 4. The topological polar surface area (TPSA) is 80.2 Å². The van der Waals surface area contributed by atoms with Gasteiger partial charge in [-0.25, -0.2) is 5.43 Å². The van der Waals surface area contributed by atoms with Crippen molar-refractivity contribution in [1.29, 1.82) is 0 Å². The smallest absolute Gasteiger partial charge is 0.275 e. The van der Waals surface area contributed by atoms with Crippen molar-refractivity contribution < 1.29 is 19.4 Å². The molecule has 0 aliphatic heterocycles. The Morgan fingerprint density at radius 1 is 0.944 bits per heavy atom. The number of hydrogen-bond donors (Lipinski definition) is 2. The Balaban J connectivity index is 1.49. The summed E-state index contributed by atoms with van der Waals surface area (Å²) >= 11 is 18.5. The van der Waals surface area contributed by atoms with E-state index in [0.717, 1.165) is 16.3 Å². The molecule has 4 aromatic rings. The van der Waals surface area contributed by atoms with E-state index in [1.807, 2.05) is 31.2 Å². The molecule has 0 aliphatic carbocycles. The van der Waals surface area contributed by atoms with E-state index in [-0.39, 0.29) is 17.9 Å². The van der Waals surface area contributed by atoms with Gasteiger partial charge in [0.2, 0.25) is 0 Å². The highest BCUT2D eigenvalue weighted by atomic mass is 35.5. The number of fused-ring (bicyclic) bond motifs is 1. The fraction of sp³-hybridized carbons (Fsp3) is 0.111. The Kier molecular flexibility index (Phi) is 8.21. The summed E-state index contributed by atoms with van der Waals surface area (Å²) in [4.78, 5) is 12.6. The highest BCUT2D eigenvalue weighted by Crippen LogP contribution is 2.37. The first-order valence-corrected chi connectivity index (χ1v) is 12.1. The number of phenols is 1. The van der Waals surface area contributed by atoms with Gasteiger partial charge in [0.25, 0.3) is 5.91 Å². The molecule has 0 saturated carbocycles. The monoisotopic (exact) mass is 542 g/mol. The second-order valence-electron chi connectivity index (χ2n) is 7.72. The van der Waals surface area contributed by atoms with Crippen molar-refractivity contribution in [3.05, 3.63) is 98.5 Å². The lowest BCUT2D eigenvalue weighted by Gasteiger charge is -2.14. The molecule has 0 unspecified atom stereocenters. The zero-order chi connectivity index (χ0) is 25.7. The highest BCUT2D eigenvalue weighted by Gasteiger charge is 2.14. The van der Waals surface area contributed by atoms with Gasteiger partial charge in [-0.3, -0.25) is 4.79 Å². The molecule has 0 aromatic heterocycles. The number of nitrogens with zero attached hydrogens (tertiary/aromatic N) is 1. The maximum atomic E-state index is 12.6. The number of phenolic OH excluding ortho intramolecular Hbond substituents is 1. The van der Waals surface area contributed by atoms with Gasteiger partial charge in [-0.2, -0.15) is 5.10 Å². The van der Waals surface area contributed by atoms with Gasteiger partial charge in [0.15, 0.2) is 11.5 Å². The molecular weight excluding hydrogens is 523 g/mol. The van der Waals surface area contributed by atoms with Crippen molar-refractivity contribution in [3.63, 3.8) is 0 Å². The fourth-order valence-electron chi connectivity index (χ4n) is 3.49. The van der Waals surface area contributed by atoms with E-state index in [1.165, 1.54) is 6.21 Å². The first kappa shape index (κ1) is 25.6. The van der Waals surface area contributed by atoms with Crippen molar-refractivity contribution in [2.75, 3.05) is 6.61 Å². The maximum Gasteiger partial charge on any atom is 0.275 e. The molecule has 6 nitrogen and oxygen atoms in total. The third kappa shape index (κ3) is 6.02. The van der Waals surface area contributed by atoms with Crippen LogP contribution in [0, 0.1) is 0 Å². The van der Waals surface area contributed by atoms with E-state index < -0.39 is 5.91 Å². The van der Waals surface area contributed by atoms with Crippen LogP contribution < -0.4 is 14.9 Å². The Labute approximate surface area is 223 Å². The van der Waals surface area contributed by atoms with Crippen LogP contribution in [-0.4, -0.2) is 23.8 Å². The zero-order valence-corrected chi connectivity index (χ0v) is 21.4. The van der Waals surface area contributed by atoms with Gasteiger partial charge in [0.1, 0.15) is 12.4 Å². The van der Waals surface area contributed by atoms with Crippen molar-refractivity contribution in [2.24, 2.45) is 5.10 Å². The van der Waals surface area contributed by atoms with Gasteiger partial charge in [0.05, 0.1) is 33.5 Å². The number of carbonyl (C=O) groups is 1. The first-order valence-electron chi connectivity index (χ1n) is 10.9. The fourth-order valence-corrected chi connectivity index (χ4v) is 4.08. The molecule has 0 saturated heterocycles. The Morgan fingerprint density at radius 2 is 1.69 bits per heavy atom. The number of nitrogens with one attached hydrogen (secondary N) is 1. The summed E-state index contributed by atoms with van der Waals surface area (Å²) < 4.78 is 11.6. The van der Waals surface area contributed by atoms with Crippen LogP contribution >= 0.6 is 34.8 Å². The van der Waals surface area contributed by atoms with Crippen LogP contribution in [0.3, 0.4) is 0 Å². The predicted octanol–water partition coefficient (Wildman–Crippen LogP) is 7.25. The van der Waals surface area contributed by atoms with Gasteiger partial charge >= 0.3 is 0 Å². The number of amides is 1. The summed E-state index contributed by atoms with van der Waals surface area (Å²) in [7, 11) is 0. The van der Waals surface area contributed by atoms with E-state index >= 15 is 0 Å². The lowest BCUT2D eigenvalue weighted by molar-refractivity contribution is 0.0952. The van der Waals surface area contributed by atoms with Gasteiger partial charge in [-0.1, -0.05) is 65.1 Å². The molecule has 0 heterocycles. The Bertz CT molecular complexity index is 1460. The third-order valence-electron chi connectivity index (χ3n) is 5.19. The molecule has 2 N–H and O–H groups in total. The van der Waals surface area contributed by atoms with E-state index in [0.29, 0.717) is 38.7 Å². The molecule has 0 radical (unpaired) electrons. The number of rotatable bonds is 8. The van der Waals surface area contributed by atoms with E-state index in [1.54, 1.807) is 42.5 Å². The number of halogens is 3. The minimum atomic E-state index is -0.549. The molecule has 0 atom stereocenters. The minimum Gasteiger partial charge on any atom is -0.507 e. The summed E-state index contributed by atoms with van der Waals surface area (Å²) in [6.07, 6.45) is 1.42. The number of hydrogen-bond acceptors (Lipinski definition) is 5. The summed E-state index contributed by atoms with van der Waals surface area (Å²) in [5, 5.41) is 17.1. The molecular formula is C27H21Cl3N2O4. The van der Waals surface area contributed by atoms with Gasteiger partial charge in [-0.15, -0.1) is 0 Å². The lowest BCUT2D eigenvalue weighted by atomic mass is 10.1. The number of aromatic hydroxyl groups is 1. The van der Waals surface area contributed by atoms with Gasteiger partial charge < -0.3 is 14.6 Å². The summed E-state index contributed by atoms with van der Waals surface area (Å²) in [6.45, 7) is 2.43. The molecule has 36 heavy (non-hydrogen) atoms. The van der Waals surface area contributed by atoms with Crippen molar-refractivity contribution >= 4 is 57.7 Å². The molecule has 0 bridgehead atoms. The molecule has 0 aliphatic rings. The Morgan fingerprint density at radius 3 is 2.42 bits per heavy atom. The van der Waals surface area contributed by atoms with Crippen LogP contribution in [0.25, 0.3) is 10.8 Å². The van der Waals surface area contributed by atoms with Crippen LogP contribution in [0.15, 0.2) is 71.8 Å². The molecule has 4 rings (SSSR count). The largest absolute Gasteiger partial charge is 0.507 e. The van der Waals surface area contributed by atoms with Crippen molar-refractivity contribution in [3.8, 4) is 17.2 Å². The molecule has 4 aromatic carbocycles. The second-order valence-corrected chi connectivity index (χ2v) is 8.94. The molecule has 1 amide bonds. The van der Waals surface area contributed by atoms with Crippen molar-refractivity contribution in [2.45, 2.75) is 13.5 Å².